The molecule has 2 saturated heterocycles. The Morgan fingerprint density at radius 3 is 1.66 bits per heavy atom. The van der Waals surface area contributed by atoms with Crippen LogP contribution >= 0.6 is 0 Å². The number of hydrogen-bond acceptors (Lipinski definition) is 8. The van der Waals surface area contributed by atoms with E-state index in [-0.39, 0.29) is 54.3 Å². The maximum Gasteiger partial charge on any atom is 0.306 e. The number of esters is 2. The maximum absolute atomic E-state index is 12.2. The molecule has 2 heterocycles. The first-order chi connectivity index (χ1) is 28.0. The van der Waals surface area contributed by atoms with E-state index in [2.05, 4.69) is 84.0 Å². The van der Waals surface area contributed by atoms with Gasteiger partial charge in [-0.2, -0.15) is 0 Å². The monoisotopic (exact) mass is 837 g/mol. The fraction of sp³-hybridized carbons (Fsp3) is 0.708. The second-order valence-corrected chi connectivity index (χ2v) is 27.3. The predicted molar refractivity (Wildman–Crippen MR) is 236 cm³/mol. The molecule has 0 spiro atoms. The van der Waals surface area contributed by atoms with Gasteiger partial charge in [0, 0.05) is 30.8 Å². The van der Waals surface area contributed by atoms with Crippen LogP contribution in [0.1, 0.15) is 117 Å². The van der Waals surface area contributed by atoms with Crippen LogP contribution in [0.5, 0.6) is 0 Å². The summed E-state index contributed by atoms with van der Waals surface area (Å²) in [6.45, 7) is 13.9. The number of aliphatic hydroxyl groups is 2. The van der Waals surface area contributed by atoms with E-state index in [1.807, 2.05) is 18.2 Å². The Morgan fingerprint density at radius 1 is 0.638 bits per heavy atom. The topological polar surface area (TPSA) is 112 Å². The van der Waals surface area contributed by atoms with Crippen LogP contribution in [0.15, 0.2) is 60.7 Å². The zero-order valence-corrected chi connectivity index (χ0v) is 38.6. The van der Waals surface area contributed by atoms with Gasteiger partial charge in [-0.1, -0.05) is 102 Å². The Labute approximate surface area is 352 Å². The van der Waals surface area contributed by atoms with Crippen molar-refractivity contribution >= 4 is 28.6 Å². The molecule has 2 saturated carbocycles. The molecule has 0 aromatic heterocycles. The van der Waals surface area contributed by atoms with Crippen molar-refractivity contribution in [1.82, 2.24) is 0 Å². The summed E-state index contributed by atoms with van der Waals surface area (Å²) in [7, 11) is -3.43. The van der Waals surface area contributed by atoms with Gasteiger partial charge in [0.2, 0.25) is 0 Å². The van der Waals surface area contributed by atoms with Gasteiger partial charge in [-0.15, -0.1) is 0 Å². The average Bonchev–Trinajstić information content (AvgIpc) is 3.97. The highest BCUT2D eigenvalue weighted by Crippen LogP contribution is 2.47. The van der Waals surface area contributed by atoms with Crippen LogP contribution in [0.4, 0.5) is 0 Å². The van der Waals surface area contributed by atoms with Crippen LogP contribution in [0.3, 0.4) is 0 Å². The van der Waals surface area contributed by atoms with E-state index in [1.165, 1.54) is 47.4 Å². The van der Waals surface area contributed by atoms with E-state index in [0.29, 0.717) is 37.5 Å². The molecule has 0 unspecified atom stereocenters. The lowest BCUT2D eigenvalue weighted by molar-refractivity contribution is -0.142. The van der Waals surface area contributed by atoms with Gasteiger partial charge in [0.05, 0.1) is 31.2 Å². The Balaban J connectivity index is 0.000000247. The first kappa shape index (κ1) is 46.7. The molecule has 2 aromatic rings. The number of rotatable bonds is 22. The normalized spacial score (nSPS) is 27.7. The molecular weight excluding hydrogens is 761 g/mol. The van der Waals surface area contributed by atoms with E-state index in [9.17, 15) is 19.8 Å². The van der Waals surface area contributed by atoms with Crippen molar-refractivity contribution in [2.45, 2.75) is 191 Å². The SMILES string of the molecule is CC[Si](CC)(CC)O[C@@H](CCc1ccccc1)CC[C@@H]1[C@H]2CC(=O)O[C@H]2C[C@H]1O[Si](CC)(CC)CC.O=C1C[C@@H]2[C@@H](CC[C@@H](O)CCc3ccccc3)[C@H](O)C[C@@H]2O1. The molecule has 2 aromatic carbocycles. The van der Waals surface area contributed by atoms with Crippen LogP contribution in [-0.2, 0) is 40.8 Å². The van der Waals surface area contributed by atoms with Crippen molar-refractivity contribution in [2.24, 2.45) is 23.7 Å². The van der Waals surface area contributed by atoms with Crippen molar-refractivity contribution in [2.75, 3.05) is 0 Å². The Hall–Kier alpha value is -2.35. The third-order valence-electron chi connectivity index (χ3n) is 14.9. The lowest BCUT2D eigenvalue weighted by Crippen LogP contribution is -2.42. The van der Waals surface area contributed by atoms with Gasteiger partial charge in [0.1, 0.15) is 12.2 Å². The number of hydrogen-bond donors (Lipinski definition) is 2. The molecule has 4 aliphatic rings. The van der Waals surface area contributed by atoms with E-state index in [1.54, 1.807) is 0 Å². The van der Waals surface area contributed by atoms with Crippen molar-refractivity contribution in [3.8, 4) is 0 Å². The maximum atomic E-state index is 12.2. The summed E-state index contributed by atoms with van der Waals surface area (Å²) in [4.78, 5) is 23.5. The molecule has 0 radical (unpaired) electrons. The van der Waals surface area contributed by atoms with E-state index < -0.39 is 22.7 Å². The summed E-state index contributed by atoms with van der Waals surface area (Å²) in [6, 6.07) is 28.0. The van der Waals surface area contributed by atoms with Gasteiger partial charge in [0.25, 0.3) is 0 Å². The minimum Gasteiger partial charge on any atom is -0.462 e. The van der Waals surface area contributed by atoms with Gasteiger partial charge in [-0.05, 0) is 111 Å². The number of aliphatic hydroxyl groups excluding tert-OH is 2. The number of aryl methyl sites for hydroxylation is 2. The highest BCUT2D eigenvalue weighted by atomic mass is 28.4. The second kappa shape index (κ2) is 22.5. The number of ether oxygens (including phenoxy) is 2. The smallest absolute Gasteiger partial charge is 0.306 e. The molecule has 10 heteroatoms. The van der Waals surface area contributed by atoms with Crippen LogP contribution in [0, 0.1) is 23.7 Å². The summed E-state index contributed by atoms with van der Waals surface area (Å²) in [5, 5.41) is 20.3. The van der Waals surface area contributed by atoms with Crippen molar-refractivity contribution in [3.05, 3.63) is 71.8 Å². The summed E-state index contributed by atoms with van der Waals surface area (Å²) in [5.41, 5.74) is 2.63. The highest BCUT2D eigenvalue weighted by Gasteiger charge is 2.52. The summed E-state index contributed by atoms with van der Waals surface area (Å²) >= 11 is 0. The van der Waals surface area contributed by atoms with Gasteiger partial charge >= 0.3 is 11.9 Å². The molecule has 2 aliphatic carbocycles. The molecule has 0 amide bonds. The van der Waals surface area contributed by atoms with Gasteiger partial charge in [-0.3, -0.25) is 9.59 Å². The lowest BCUT2D eigenvalue weighted by Gasteiger charge is -2.37. The van der Waals surface area contributed by atoms with E-state index in [4.69, 9.17) is 18.3 Å². The third kappa shape index (κ3) is 12.4. The van der Waals surface area contributed by atoms with Crippen molar-refractivity contribution in [3.63, 3.8) is 0 Å². The summed E-state index contributed by atoms with van der Waals surface area (Å²) in [5.74, 6) is 0.801. The predicted octanol–water partition coefficient (Wildman–Crippen LogP) is 10.2. The lowest BCUT2D eigenvalue weighted by atomic mass is 9.87. The summed E-state index contributed by atoms with van der Waals surface area (Å²) in [6.07, 6.45) is 9.44. The molecule has 2 aliphatic heterocycles. The van der Waals surface area contributed by atoms with Crippen LogP contribution in [0.2, 0.25) is 36.3 Å². The average molecular weight is 837 g/mol. The minimum absolute atomic E-state index is 0.00955. The first-order valence-corrected chi connectivity index (χ1v) is 28.2. The number of benzene rings is 2. The fourth-order valence-electron chi connectivity index (χ4n) is 10.7. The molecule has 8 nitrogen and oxygen atoms in total. The van der Waals surface area contributed by atoms with Gasteiger partial charge < -0.3 is 28.5 Å². The summed E-state index contributed by atoms with van der Waals surface area (Å²) < 4.78 is 25.2. The molecule has 324 valence electrons. The van der Waals surface area contributed by atoms with Crippen LogP contribution in [0.25, 0.3) is 0 Å². The number of carbonyl (C=O) groups is 2. The quantitative estimate of drug-likeness (QED) is 0.0891. The number of carbonyl (C=O) groups excluding carboxylic acids is 2. The second-order valence-electron chi connectivity index (χ2n) is 17.9. The Morgan fingerprint density at radius 2 is 1.12 bits per heavy atom. The Kier molecular flexibility index (Phi) is 18.1. The van der Waals surface area contributed by atoms with Gasteiger partial charge in [0.15, 0.2) is 16.6 Å². The zero-order chi connectivity index (χ0) is 41.7. The third-order valence-corrected chi connectivity index (χ3v) is 24.2. The first-order valence-electron chi connectivity index (χ1n) is 23.2. The molecule has 6 rings (SSSR count). The molecule has 10 atom stereocenters. The fourth-order valence-corrected chi connectivity index (χ4v) is 16.5. The molecule has 0 bridgehead atoms. The highest BCUT2D eigenvalue weighted by molar-refractivity contribution is 6.74. The largest absolute Gasteiger partial charge is 0.462 e. The van der Waals surface area contributed by atoms with Crippen LogP contribution in [-0.4, -0.2) is 75.4 Å². The minimum atomic E-state index is -1.73. The van der Waals surface area contributed by atoms with Crippen LogP contribution < -0.4 is 0 Å². The number of fused-ring (bicyclic) bond motifs is 2. The molecule has 2 N–H and O–H groups in total. The van der Waals surface area contributed by atoms with E-state index >= 15 is 0 Å². The van der Waals surface area contributed by atoms with Crippen molar-refractivity contribution < 1.29 is 38.1 Å². The van der Waals surface area contributed by atoms with Gasteiger partial charge in [-0.25, -0.2) is 0 Å². The zero-order valence-electron chi connectivity index (χ0n) is 36.6. The van der Waals surface area contributed by atoms with Crippen molar-refractivity contribution in [1.29, 1.82) is 0 Å². The molecule has 4 fully saturated rings. The van der Waals surface area contributed by atoms with E-state index in [0.717, 1.165) is 51.4 Å². The standard InChI is InChI=1S/C30H52O4Si2.C18H24O4/c1-7-35(8-2,9-3)33-25(19-18-24-16-14-13-15-17-24)20-21-26-27-22-30(31)32-28(27)23-29(26)34-36(10-4,11-5)12-6;19-13(7-6-12-4-2-1-3-5-12)8-9-14-15-10-18(21)22-17(15)11-16(14)20/h13-17,25-29H,7-12,18-23H2,1-6H3;1-5,13-17,19-20H,6-11H2/t25-,26+,27+,28-,29+;13-,14+,15+,16+,17-/m00/s1. The molecular formula is C48H76O8Si2. The Bertz CT molecular complexity index is 1500. The molecule has 58 heavy (non-hydrogen) atoms.